The molecule has 1 atom stereocenters. The lowest BCUT2D eigenvalue weighted by Gasteiger charge is -2.15. The molecule has 0 aliphatic carbocycles. The Morgan fingerprint density at radius 2 is 1.80 bits per heavy atom. The van der Waals surface area contributed by atoms with Crippen molar-refractivity contribution < 1.29 is 4.74 Å². The third kappa shape index (κ3) is 3.65. The van der Waals surface area contributed by atoms with Gasteiger partial charge in [0.05, 0.1) is 0 Å². The predicted molar refractivity (Wildman–Crippen MR) is 63.8 cm³/mol. The van der Waals surface area contributed by atoms with Gasteiger partial charge in [0.25, 0.3) is 0 Å². The SMILES string of the molecule is CNC(OC)c1ccc(CC(C)C)cc1. The standard InChI is InChI=1S/C13H21NO/c1-10(2)9-11-5-7-12(8-6-11)13(14-3)15-4/h5-8,10,13-14H,9H2,1-4H3. The number of ether oxygens (including phenoxy) is 1. The van der Waals surface area contributed by atoms with Crippen molar-refractivity contribution in [3.05, 3.63) is 35.4 Å². The molecule has 84 valence electrons. The van der Waals surface area contributed by atoms with Crippen LogP contribution in [0.1, 0.15) is 31.2 Å². The molecule has 0 heterocycles. The topological polar surface area (TPSA) is 21.3 Å². The van der Waals surface area contributed by atoms with Crippen LogP contribution in [0.2, 0.25) is 0 Å². The highest BCUT2D eigenvalue weighted by Gasteiger charge is 2.06. The maximum Gasteiger partial charge on any atom is 0.133 e. The molecule has 0 saturated heterocycles. The molecule has 1 N–H and O–H groups in total. The lowest BCUT2D eigenvalue weighted by atomic mass is 10.0. The molecule has 0 amide bonds. The Balaban J connectivity index is 2.71. The van der Waals surface area contributed by atoms with Gasteiger partial charge < -0.3 is 4.74 Å². The Labute approximate surface area is 92.6 Å². The lowest BCUT2D eigenvalue weighted by Crippen LogP contribution is -2.17. The highest BCUT2D eigenvalue weighted by atomic mass is 16.5. The Bertz CT molecular complexity index is 275. The first kappa shape index (κ1) is 12.2. The van der Waals surface area contributed by atoms with Gasteiger partial charge in [-0.15, -0.1) is 0 Å². The Morgan fingerprint density at radius 1 is 1.20 bits per heavy atom. The van der Waals surface area contributed by atoms with Crippen LogP contribution in [0.4, 0.5) is 0 Å². The molecule has 0 spiro atoms. The van der Waals surface area contributed by atoms with Gasteiger partial charge in [-0.3, -0.25) is 5.32 Å². The van der Waals surface area contributed by atoms with Crippen molar-refractivity contribution in [3.8, 4) is 0 Å². The second-order valence-electron chi connectivity index (χ2n) is 4.24. The first-order valence-electron chi connectivity index (χ1n) is 5.46. The largest absolute Gasteiger partial charge is 0.362 e. The first-order valence-corrected chi connectivity index (χ1v) is 5.46. The third-order valence-electron chi connectivity index (χ3n) is 2.42. The van der Waals surface area contributed by atoms with E-state index in [0.29, 0.717) is 5.92 Å². The van der Waals surface area contributed by atoms with E-state index in [1.807, 2.05) is 7.05 Å². The monoisotopic (exact) mass is 207 g/mol. The molecular formula is C13H21NO. The number of nitrogens with one attached hydrogen (secondary N) is 1. The van der Waals surface area contributed by atoms with E-state index in [0.717, 1.165) is 6.42 Å². The zero-order valence-corrected chi connectivity index (χ0v) is 10.1. The number of methoxy groups -OCH3 is 1. The van der Waals surface area contributed by atoms with Crippen LogP contribution in [-0.4, -0.2) is 14.2 Å². The minimum atomic E-state index is -0.00176. The second-order valence-corrected chi connectivity index (χ2v) is 4.24. The highest BCUT2D eigenvalue weighted by molar-refractivity contribution is 5.24. The van der Waals surface area contributed by atoms with Crippen molar-refractivity contribution in [3.63, 3.8) is 0 Å². The normalized spacial score (nSPS) is 13.1. The van der Waals surface area contributed by atoms with Crippen molar-refractivity contribution in [2.75, 3.05) is 14.2 Å². The van der Waals surface area contributed by atoms with E-state index in [-0.39, 0.29) is 6.23 Å². The molecule has 0 aliphatic rings. The van der Waals surface area contributed by atoms with Crippen molar-refractivity contribution >= 4 is 0 Å². The van der Waals surface area contributed by atoms with E-state index in [2.05, 4.69) is 43.4 Å². The fourth-order valence-corrected chi connectivity index (χ4v) is 1.72. The van der Waals surface area contributed by atoms with Crippen molar-refractivity contribution in [2.45, 2.75) is 26.5 Å². The van der Waals surface area contributed by atoms with Crippen LogP contribution >= 0.6 is 0 Å². The summed E-state index contributed by atoms with van der Waals surface area (Å²) in [4.78, 5) is 0. The number of hydrogen-bond acceptors (Lipinski definition) is 2. The van der Waals surface area contributed by atoms with Gasteiger partial charge in [0, 0.05) is 7.11 Å². The summed E-state index contributed by atoms with van der Waals surface area (Å²) in [6.07, 6.45) is 1.13. The molecule has 0 saturated carbocycles. The minimum Gasteiger partial charge on any atom is -0.362 e. The fraction of sp³-hybridized carbons (Fsp3) is 0.538. The van der Waals surface area contributed by atoms with Crippen molar-refractivity contribution in [1.29, 1.82) is 0 Å². The molecule has 2 heteroatoms. The van der Waals surface area contributed by atoms with Gasteiger partial charge >= 0.3 is 0 Å². The molecule has 0 radical (unpaired) electrons. The van der Waals surface area contributed by atoms with Gasteiger partial charge in [0.1, 0.15) is 6.23 Å². The molecule has 2 nitrogen and oxygen atoms in total. The van der Waals surface area contributed by atoms with E-state index in [4.69, 9.17) is 4.74 Å². The molecule has 0 bridgehead atoms. The second kappa shape index (κ2) is 5.89. The highest BCUT2D eigenvalue weighted by Crippen LogP contribution is 2.15. The van der Waals surface area contributed by atoms with Gasteiger partial charge in [-0.1, -0.05) is 38.1 Å². The molecule has 0 fully saturated rings. The molecule has 0 aliphatic heterocycles. The maximum atomic E-state index is 5.30. The number of hydrogen-bond donors (Lipinski definition) is 1. The van der Waals surface area contributed by atoms with Gasteiger partial charge in [0.2, 0.25) is 0 Å². The smallest absolute Gasteiger partial charge is 0.133 e. The zero-order chi connectivity index (χ0) is 11.3. The molecular weight excluding hydrogens is 186 g/mol. The Kier molecular flexibility index (Phi) is 4.79. The number of benzene rings is 1. The lowest BCUT2D eigenvalue weighted by molar-refractivity contribution is 0.0809. The first-order chi connectivity index (χ1) is 7.17. The maximum absolute atomic E-state index is 5.30. The van der Waals surface area contributed by atoms with Crippen LogP contribution in [0.5, 0.6) is 0 Å². The summed E-state index contributed by atoms with van der Waals surface area (Å²) in [5.41, 5.74) is 2.56. The van der Waals surface area contributed by atoms with E-state index in [9.17, 15) is 0 Å². The van der Waals surface area contributed by atoms with Gasteiger partial charge in [-0.25, -0.2) is 0 Å². The van der Waals surface area contributed by atoms with Crippen LogP contribution in [0.15, 0.2) is 24.3 Å². The average Bonchev–Trinajstić information content (AvgIpc) is 2.21. The van der Waals surface area contributed by atoms with Crippen molar-refractivity contribution in [1.82, 2.24) is 5.32 Å². The Hall–Kier alpha value is -0.860. The summed E-state index contributed by atoms with van der Waals surface area (Å²) in [6, 6.07) is 8.61. The molecule has 1 unspecified atom stereocenters. The summed E-state index contributed by atoms with van der Waals surface area (Å²) in [5.74, 6) is 0.707. The quantitative estimate of drug-likeness (QED) is 0.750. The van der Waals surface area contributed by atoms with E-state index in [1.165, 1.54) is 11.1 Å². The third-order valence-corrected chi connectivity index (χ3v) is 2.42. The molecule has 1 rings (SSSR count). The van der Waals surface area contributed by atoms with E-state index < -0.39 is 0 Å². The van der Waals surface area contributed by atoms with Crippen LogP contribution in [-0.2, 0) is 11.2 Å². The summed E-state index contributed by atoms with van der Waals surface area (Å²) < 4.78 is 5.30. The van der Waals surface area contributed by atoms with Crippen LogP contribution in [0, 0.1) is 5.92 Å². The molecule has 0 aromatic heterocycles. The van der Waals surface area contributed by atoms with Crippen LogP contribution in [0.25, 0.3) is 0 Å². The Morgan fingerprint density at radius 3 is 2.20 bits per heavy atom. The zero-order valence-electron chi connectivity index (χ0n) is 10.1. The van der Waals surface area contributed by atoms with Gasteiger partial charge in [-0.05, 0) is 30.5 Å². The van der Waals surface area contributed by atoms with Crippen LogP contribution in [0.3, 0.4) is 0 Å². The summed E-state index contributed by atoms with van der Waals surface area (Å²) in [7, 11) is 3.61. The number of rotatable bonds is 5. The average molecular weight is 207 g/mol. The predicted octanol–water partition coefficient (Wildman–Crippen LogP) is 2.75. The summed E-state index contributed by atoms with van der Waals surface area (Å²) in [5, 5.41) is 3.11. The van der Waals surface area contributed by atoms with E-state index in [1.54, 1.807) is 7.11 Å². The molecule has 1 aromatic rings. The van der Waals surface area contributed by atoms with Gasteiger partial charge in [0.15, 0.2) is 0 Å². The fourth-order valence-electron chi connectivity index (χ4n) is 1.72. The van der Waals surface area contributed by atoms with Gasteiger partial charge in [-0.2, -0.15) is 0 Å². The summed E-state index contributed by atoms with van der Waals surface area (Å²) in [6.45, 7) is 4.47. The van der Waals surface area contributed by atoms with E-state index >= 15 is 0 Å². The van der Waals surface area contributed by atoms with Crippen LogP contribution < -0.4 is 5.32 Å². The molecule has 15 heavy (non-hydrogen) atoms. The summed E-state index contributed by atoms with van der Waals surface area (Å²) >= 11 is 0. The molecule has 1 aromatic carbocycles. The minimum absolute atomic E-state index is 0.00176. The van der Waals surface area contributed by atoms with Crippen molar-refractivity contribution in [2.24, 2.45) is 5.92 Å².